The summed E-state index contributed by atoms with van der Waals surface area (Å²) in [6, 6.07) is 16.2. The Bertz CT molecular complexity index is 1080. The van der Waals surface area contributed by atoms with Gasteiger partial charge in [-0.1, -0.05) is 83.0 Å². The van der Waals surface area contributed by atoms with Gasteiger partial charge in [-0.05, 0) is 41.7 Å². The molecule has 2 aromatic rings. The lowest BCUT2D eigenvalue weighted by Gasteiger charge is -2.32. The molecule has 0 aliphatic rings. The Kier molecular flexibility index (Phi) is 13.3. The van der Waals surface area contributed by atoms with E-state index in [1.165, 1.54) is 5.06 Å². The van der Waals surface area contributed by atoms with Gasteiger partial charge in [-0.25, -0.2) is 5.06 Å². The van der Waals surface area contributed by atoms with Gasteiger partial charge in [-0.2, -0.15) is 0 Å². The minimum absolute atomic E-state index is 0.102. The van der Waals surface area contributed by atoms with Crippen LogP contribution in [0.1, 0.15) is 62.9 Å². The molecule has 0 aliphatic carbocycles. The summed E-state index contributed by atoms with van der Waals surface area (Å²) < 4.78 is 0. The van der Waals surface area contributed by atoms with Gasteiger partial charge in [0.2, 0.25) is 12.3 Å². The number of ketones is 1. The quantitative estimate of drug-likeness (QED) is 0.108. The van der Waals surface area contributed by atoms with Crippen LogP contribution in [0.15, 0.2) is 79.9 Å². The summed E-state index contributed by atoms with van der Waals surface area (Å²) in [5.41, 5.74) is 1.86. The molecule has 0 heterocycles. The van der Waals surface area contributed by atoms with Crippen LogP contribution in [0, 0.1) is 11.3 Å². The molecule has 216 valence electrons. The van der Waals surface area contributed by atoms with E-state index in [2.05, 4.69) is 30.3 Å². The Morgan fingerprint density at radius 1 is 1.00 bits per heavy atom. The molecule has 0 radical (unpaired) electrons. The predicted molar refractivity (Wildman–Crippen MR) is 162 cm³/mol. The summed E-state index contributed by atoms with van der Waals surface area (Å²) in [7, 11) is 0. The zero-order valence-electron chi connectivity index (χ0n) is 24.5. The molecule has 40 heavy (non-hydrogen) atoms. The van der Waals surface area contributed by atoms with E-state index >= 15 is 0 Å². The largest absolute Gasteiger partial charge is 0.364 e. The van der Waals surface area contributed by atoms with Crippen LogP contribution in [-0.4, -0.2) is 48.8 Å². The van der Waals surface area contributed by atoms with E-state index in [-0.39, 0.29) is 24.8 Å². The maximum absolute atomic E-state index is 13.7. The number of benzene rings is 2. The number of carbonyl (C=O) groups is 3. The number of amides is 2. The maximum atomic E-state index is 13.7. The lowest BCUT2D eigenvalue weighted by Crippen LogP contribution is -2.52. The van der Waals surface area contributed by atoms with Gasteiger partial charge < -0.3 is 10.2 Å². The summed E-state index contributed by atoms with van der Waals surface area (Å²) in [4.78, 5) is 46.8. The minimum atomic E-state index is -0.748. The van der Waals surface area contributed by atoms with Crippen molar-refractivity contribution in [1.82, 2.24) is 10.4 Å². The van der Waals surface area contributed by atoms with E-state index in [4.69, 9.17) is 4.84 Å². The SMILES string of the molecule is C=CCN(CC=C)c1ccc(C(=O)[C@@H](NC(=O)[C@H](CCCC)CN(C=O)OCc2ccccc2)C(C)(C)C)cc1. The fourth-order valence-corrected chi connectivity index (χ4v) is 4.37. The van der Waals surface area contributed by atoms with Crippen molar-refractivity contribution in [3.8, 4) is 0 Å². The summed E-state index contributed by atoms with van der Waals surface area (Å²) in [6.45, 7) is 17.1. The molecule has 0 spiro atoms. The van der Waals surface area contributed by atoms with Gasteiger partial charge in [-0.15, -0.1) is 13.2 Å². The molecule has 0 bridgehead atoms. The first-order chi connectivity index (χ1) is 19.1. The van der Waals surface area contributed by atoms with E-state index in [9.17, 15) is 14.4 Å². The van der Waals surface area contributed by atoms with Crippen molar-refractivity contribution in [1.29, 1.82) is 0 Å². The maximum Gasteiger partial charge on any atom is 0.233 e. The highest BCUT2D eigenvalue weighted by Crippen LogP contribution is 2.25. The molecule has 0 aliphatic heterocycles. The van der Waals surface area contributed by atoms with E-state index in [0.717, 1.165) is 24.1 Å². The van der Waals surface area contributed by atoms with Crippen molar-refractivity contribution in [2.45, 2.75) is 59.6 Å². The first kappa shape index (κ1) is 32.5. The summed E-state index contributed by atoms with van der Waals surface area (Å²) in [6.07, 6.45) is 6.53. The average Bonchev–Trinajstić information content (AvgIpc) is 2.95. The molecular weight excluding hydrogens is 502 g/mol. The number of hydrogen-bond donors (Lipinski definition) is 1. The monoisotopic (exact) mass is 547 g/mol. The highest BCUT2D eigenvalue weighted by molar-refractivity contribution is 6.02. The van der Waals surface area contributed by atoms with Crippen LogP contribution in [0.5, 0.6) is 0 Å². The molecule has 0 fully saturated rings. The third-order valence-electron chi connectivity index (χ3n) is 6.67. The van der Waals surface area contributed by atoms with Crippen molar-refractivity contribution in [2.75, 3.05) is 24.5 Å². The lowest BCUT2D eigenvalue weighted by molar-refractivity contribution is -0.182. The smallest absolute Gasteiger partial charge is 0.233 e. The molecular formula is C33H45N3O4. The molecule has 0 aromatic heterocycles. The third-order valence-corrected chi connectivity index (χ3v) is 6.67. The van der Waals surface area contributed by atoms with E-state index in [1.54, 1.807) is 12.1 Å². The van der Waals surface area contributed by atoms with E-state index in [1.807, 2.05) is 75.4 Å². The average molecular weight is 548 g/mol. The zero-order valence-corrected chi connectivity index (χ0v) is 24.5. The number of rotatable bonds is 18. The first-order valence-electron chi connectivity index (χ1n) is 13.9. The van der Waals surface area contributed by atoms with Gasteiger partial charge in [0.05, 0.1) is 18.5 Å². The Hall–Kier alpha value is -3.71. The van der Waals surface area contributed by atoms with Crippen LogP contribution in [0.3, 0.4) is 0 Å². The molecule has 2 amide bonds. The molecule has 7 heteroatoms. The van der Waals surface area contributed by atoms with Gasteiger partial charge in [-0.3, -0.25) is 19.2 Å². The number of nitrogens with one attached hydrogen (secondary N) is 1. The van der Waals surface area contributed by atoms with Crippen LogP contribution >= 0.6 is 0 Å². The van der Waals surface area contributed by atoms with Crippen LogP contribution < -0.4 is 10.2 Å². The van der Waals surface area contributed by atoms with Gasteiger partial charge in [0, 0.05) is 24.3 Å². The van der Waals surface area contributed by atoms with Gasteiger partial charge >= 0.3 is 0 Å². The van der Waals surface area contributed by atoms with Gasteiger partial charge in [0.25, 0.3) is 0 Å². The molecule has 0 unspecified atom stereocenters. The standard InChI is InChI=1S/C33H45N3O4/c1-7-10-16-28(23-36(25-37)40-24-26-14-12-11-13-15-26)32(39)34-31(33(4,5)6)30(38)27-17-19-29(20-18-27)35(21-8-2)22-9-3/h8-9,11-15,17-20,25,28,31H,2-3,7,10,16,21-24H2,1,4-6H3,(H,34,39)/t28-,31-/m1/s1. The Morgan fingerprint density at radius 3 is 2.15 bits per heavy atom. The van der Waals surface area contributed by atoms with Gasteiger partial charge in [0.1, 0.15) is 6.61 Å². The van der Waals surface area contributed by atoms with Crippen molar-refractivity contribution in [3.05, 3.63) is 91.0 Å². The number of nitrogens with zero attached hydrogens (tertiary/aromatic N) is 2. The van der Waals surface area contributed by atoms with Crippen molar-refractivity contribution in [3.63, 3.8) is 0 Å². The molecule has 0 saturated carbocycles. The number of hydrogen-bond acceptors (Lipinski definition) is 5. The minimum Gasteiger partial charge on any atom is -0.364 e. The number of unbranched alkanes of at least 4 members (excludes halogenated alkanes) is 1. The summed E-state index contributed by atoms with van der Waals surface area (Å²) >= 11 is 0. The third kappa shape index (κ3) is 10.1. The van der Waals surface area contributed by atoms with Crippen molar-refractivity contribution >= 4 is 23.8 Å². The number of anilines is 1. The second-order valence-corrected chi connectivity index (χ2v) is 11.0. The molecule has 2 atom stereocenters. The lowest BCUT2D eigenvalue weighted by atomic mass is 9.81. The fourth-order valence-electron chi connectivity index (χ4n) is 4.37. The summed E-state index contributed by atoms with van der Waals surface area (Å²) in [5.74, 6) is -0.947. The van der Waals surface area contributed by atoms with E-state index < -0.39 is 17.4 Å². The van der Waals surface area contributed by atoms with Crippen molar-refractivity contribution in [2.24, 2.45) is 11.3 Å². The molecule has 2 aromatic carbocycles. The molecule has 0 saturated heterocycles. The Labute approximate surface area is 239 Å². The second kappa shape index (κ2) is 16.4. The Morgan fingerprint density at radius 2 is 1.62 bits per heavy atom. The van der Waals surface area contributed by atoms with Crippen molar-refractivity contribution < 1.29 is 19.2 Å². The molecule has 2 rings (SSSR count). The van der Waals surface area contributed by atoms with Crippen LogP contribution in [0.25, 0.3) is 0 Å². The Balaban J connectivity index is 2.19. The second-order valence-electron chi connectivity index (χ2n) is 11.0. The predicted octanol–water partition coefficient (Wildman–Crippen LogP) is 5.98. The van der Waals surface area contributed by atoms with Gasteiger partial charge in [0.15, 0.2) is 5.78 Å². The summed E-state index contributed by atoms with van der Waals surface area (Å²) in [5, 5.41) is 4.20. The highest BCUT2D eigenvalue weighted by Gasteiger charge is 2.35. The van der Waals surface area contributed by atoms with Crippen LogP contribution in [0.2, 0.25) is 0 Å². The fraction of sp³-hybridized carbons (Fsp3) is 0.424. The zero-order chi connectivity index (χ0) is 29.5. The number of Topliss-reactive ketones (excluding diaryl/α,β-unsaturated/α-hetero) is 1. The highest BCUT2D eigenvalue weighted by atomic mass is 16.7. The topological polar surface area (TPSA) is 79.0 Å². The first-order valence-corrected chi connectivity index (χ1v) is 13.9. The number of hydroxylamine groups is 2. The van der Waals surface area contributed by atoms with E-state index in [0.29, 0.717) is 31.5 Å². The number of carbonyl (C=O) groups excluding carboxylic acids is 3. The normalized spacial score (nSPS) is 12.6. The molecule has 7 nitrogen and oxygen atoms in total. The molecule has 1 N–H and O–H groups in total. The van der Waals surface area contributed by atoms with Crippen LogP contribution in [0.4, 0.5) is 5.69 Å². The van der Waals surface area contributed by atoms with Crippen LogP contribution in [-0.2, 0) is 21.0 Å².